The number of hydrogen-bond acceptors (Lipinski definition) is 5. The van der Waals surface area contributed by atoms with Gasteiger partial charge >= 0.3 is 0 Å². The number of rotatable bonds is 5. The summed E-state index contributed by atoms with van der Waals surface area (Å²) in [5.41, 5.74) is 11.1. The van der Waals surface area contributed by atoms with Crippen molar-refractivity contribution in [1.29, 1.82) is 10.7 Å². The molecule has 126 valence electrons. The lowest BCUT2D eigenvalue weighted by Crippen LogP contribution is -2.22. The molecule has 1 amide bonds. The second-order valence-corrected chi connectivity index (χ2v) is 5.42. The van der Waals surface area contributed by atoms with E-state index in [1.54, 1.807) is 30.3 Å². The summed E-state index contributed by atoms with van der Waals surface area (Å²) in [5, 5.41) is 22.8. The highest BCUT2D eigenvalue weighted by Crippen LogP contribution is 2.24. The zero-order valence-electron chi connectivity index (χ0n) is 13.9. The zero-order valence-corrected chi connectivity index (χ0v) is 13.9. The van der Waals surface area contributed by atoms with Gasteiger partial charge in [-0.1, -0.05) is 24.3 Å². The Morgan fingerprint density at radius 3 is 2.56 bits per heavy atom. The van der Waals surface area contributed by atoms with Crippen LogP contribution in [0.15, 0.2) is 47.6 Å². The number of nitriles is 1. The van der Waals surface area contributed by atoms with E-state index in [-0.39, 0.29) is 11.6 Å². The second-order valence-electron chi connectivity index (χ2n) is 5.42. The van der Waals surface area contributed by atoms with Crippen molar-refractivity contribution >= 4 is 28.8 Å². The van der Waals surface area contributed by atoms with Crippen LogP contribution >= 0.6 is 0 Å². The molecule has 0 fully saturated rings. The third kappa shape index (κ3) is 4.42. The van der Waals surface area contributed by atoms with Crippen LogP contribution in [-0.4, -0.2) is 17.5 Å². The molecule has 0 aliphatic carbocycles. The SMILES string of the molecule is Cc1ccc(NC(=O)c2ccccc2C)c(N/N=C(\C#N)C(=N)N)c1. The zero-order chi connectivity index (χ0) is 18.4. The summed E-state index contributed by atoms with van der Waals surface area (Å²) in [6, 6.07) is 14.4. The number of carbonyl (C=O) groups excluding carboxylic acids is 1. The summed E-state index contributed by atoms with van der Waals surface area (Å²) in [5.74, 6) is -0.686. The first-order valence-electron chi connectivity index (χ1n) is 7.48. The van der Waals surface area contributed by atoms with Crippen LogP contribution in [0, 0.1) is 30.6 Å². The minimum Gasteiger partial charge on any atom is -0.382 e. The Balaban J connectivity index is 2.30. The van der Waals surface area contributed by atoms with Gasteiger partial charge in [-0.2, -0.15) is 10.4 Å². The molecular weight excluding hydrogens is 316 g/mol. The largest absolute Gasteiger partial charge is 0.382 e. The highest BCUT2D eigenvalue weighted by atomic mass is 16.1. The molecule has 0 aromatic heterocycles. The van der Waals surface area contributed by atoms with Crippen LogP contribution in [-0.2, 0) is 0 Å². The number of aryl methyl sites for hydroxylation is 2. The van der Waals surface area contributed by atoms with Crippen molar-refractivity contribution in [2.75, 3.05) is 10.7 Å². The van der Waals surface area contributed by atoms with E-state index in [9.17, 15) is 4.79 Å². The van der Waals surface area contributed by atoms with E-state index in [1.807, 2.05) is 32.0 Å². The lowest BCUT2D eigenvalue weighted by molar-refractivity contribution is 0.102. The predicted molar refractivity (Wildman–Crippen MR) is 98.9 cm³/mol. The van der Waals surface area contributed by atoms with Crippen LogP contribution < -0.4 is 16.5 Å². The van der Waals surface area contributed by atoms with Gasteiger partial charge in [0, 0.05) is 5.56 Å². The Hall–Kier alpha value is -3.66. The van der Waals surface area contributed by atoms with Crippen LogP contribution in [0.3, 0.4) is 0 Å². The van der Waals surface area contributed by atoms with E-state index in [2.05, 4.69) is 15.8 Å². The molecule has 0 saturated carbocycles. The minimum atomic E-state index is -0.437. The van der Waals surface area contributed by atoms with Crippen molar-refractivity contribution in [3.05, 3.63) is 59.2 Å². The number of nitrogens with one attached hydrogen (secondary N) is 3. The third-order valence-corrected chi connectivity index (χ3v) is 3.46. The van der Waals surface area contributed by atoms with Crippen molar-refractivity contribution in [3.8, 4) is 6.07 Å². The molecular formula is C18H18N6O. The summed E-state index contributed by atoms with van der Waals surface area (Å²) in [7, 11) is 0. The van der Waals surface area contributed by atoms with Gasteiger partial charge in [0.2, 0.25) is 5.71 Å². The summed E-state index contributed by atoms with van der Waals surface area (Å²) in [6.07, 6.45) is 0. The van der Waals surface area contributed by atoms with E-state index >= 15 is 0 Å². The van der Waals surface area contributed by atoms with Gasteiger partial charge in [0.05, 0.1) is 11.4 Å². The number of amidine groups is 1. The van der Waals surface area contributed by atoms with E-state index < -0.39 is 5.84 Å². The fraction of sp³-hybridized carbons (Fsp3) is 0.111. The van der Waals surface area contributed by atoms with E-state index in [1.165, 1.54) is 0 Å². The maximum Gasteiger partial charge on any atom is 0.255 e. The maximum atomic E-state index is 12.5. The predicted octanol–water partition coefficient (Wildman–Crippen LogP) is 2.78. The number of hydrazone groups is 1. The van der Waals surface area contributed by atoms with Gasteiger partial charge in [-0.05, 0) is 43.2 Å². The second kappa shape index (κ2) is 7.75. The smallest absolute Gasteiger partial charge is 0.255 e. The topological polar surface area (TPSA) is 127 Å². The average Bonchev–Trinajstić information content (AvgIpc) is 2.57. The molecule has 0 saturated heterocycles. The summed E-state index contributed by atoms with van der Waals surface area (Å²) in [4.78, 5) is 12.5. The summed E-state index contributed by atoms with van der Waals surface area (Å²) >= 11 is 0. The van der Waals surface area contributed by atoms with Crippen LogP contribution in [0.2, 0.25) is 0 Å². The molecule has 2 aromatic rings. The number of nitrogens with zero attached hydrogens (tertiary/aromatic N) is 2. The van der Waals surface area contributed by atoms with Crippen molar-refractivity contribution < 1.29 is 4.79 Å². The lowest BCUT2D eigenvalue weighted by Gasteiger charge is -2.12. The van der Waals surface area contributed by atoms with Crippen LogP contribution in [0.25, 0.3) is 0 Å². The van der Waals surface area contributed by atoms with Gasteiger partial charge in [0.1, 0.15) is 6.07 Å². The van der Waals surface area contributed by atoms with Gasteiger partial charge in [0.15, 0.2) is 5.84 Å². The standard InChI is InChI=1S/C18H18N6O/c1-11-7-8-14(15(9-11)23-24-16(10-19)17(20)21)22-18(25)13-6-4-3-5-12(13)2/h3-9,23H,1-2H3,(H3,20,21)(H,22,25)/b24-16+. The molecule has 0 radical (unpaired) electrons. The summed E-state index contributed by atoms with van der Waals surface area (Å²) in [6.45, 7) is 3.75. The lowest BCUT2D eigenvalue weighted by atomic mass is 10.1. The Morgan fingerprint density at radius 2 is 1.92 bits per heavy atom. The van der Waals surface area contributed by atoms with Crippen molar-refractivity contribution in [2.45, 2.75) is 13.8 Å². The molecule has 0 aliphatic heterocycles. The molecule has 2 aromatic carbocycles. The molecule has 7 nitrogen and oxygen atoms in total. The van der Waals surface area contributed by atoms with Crippen molar-refractivity contribution in [1.82, 2.24) is 0 Å². The van der Waals surface area contributed by atoms with Crippen molar-refractivity contribution in [3.63, 3.8) is 0 Å². The normalized spacial score (nSPS) is 10.7. The molecule has 7 heteroatoms. The Labute approximate surface area is 145 Å². The molecule has 0 heterocycles. The molecule has 0 atom stereocenters. The van der Waals surface area contributed by atoms with Crippen LogP contribution in [0.1, 0.15) is 21.5 Å². The molecule has 0 aliphatic rings. The summed E-state index contributed by atoms with van der Waals surface area (Å²) < 4.78 is 0. The molecule has 5 N–H and O–H groups in total. The molecule has 2 rings (SSSR count). The average molecular weight is 334 g/mol. The number of hydrogen-bond donors (Lipinski definition) is 4. The number of benzene rings is 2. The first kappa shape index (κ1) is 17.7. The Bertz CT molecular complexity index is 895. The van der Waals surface area contributed by atoms with Gasteiger partial charge in [-0.3, -0.25) is 15.6 Å². The highest BCUT2D eigenvalue weighted by Gasteiger charge is 2.11. The Morgan fingerprint density at radius 1 is 1.20 bits per heavy atom. The number of anilines is 2. The van der Waals surface area contributed by atoms with Crippen LogP contribution in [0.4, 0.5) is 11.4 Å². The molecule has 0 unspecified atom stereocenters. The monoisotopic (exact) mass is 334 g/mol. The number of nitrogens with two attached hydrogens (primary N) is 1. The van der Waals surface area contributed by atoms with E-state index in [0.29, 0.717) is 16.9 Å². The van der Waals surface area contributed by atoms with E-state index in [4.69, 9.17) is 16.4 Å². The van der Waals surface area contributed by atoms with Crippen molar-refractivity contribution in [2.24, 2.45) is 10.8 Å². The first-order valence-corrected chi connectivity index (χ1v) is 7.48. The fourth-order valence-corrected chi connectivity index (χ4v) is 2.14. The van der Waals surface area contributed by atoms with Gasteiger partial charge in [-0.15, -0.1) is 0 Å². The van der Waals surface area contributed by atoms with Crippen LogP contribution in [0.5, 0.6) is 0 Å². The fourth-order valence-electron chi connectivity index (χ4n) is 2.14. The molecule has 0 spiro atoms. The number of amides is 1. The maximum absolute atomic E-state index is 12.5. The number of carbonyl (C=O) groups is 1. The highest BCUT2D eigenvalue weighted by molar-refractivity contribution is 6.45. The minimum absolute atomic E-state index is 0.238. The quantitative estimate of drug-likeness (QED) is 0.381. The van der Waals surface area contributed by atoms with E-state index in [0.717, 1.165) is 11.1 Å². The van der Waals surface area contributed by atoms with Gasteiger partial charge in [0.25, 0.3) is 5.91 Å². The van der Waals surface area contributed by atoms with Gasteiger partial charge < -0.3 is 11.1 Å². The third-order valence-electron chi connectivity index (χ3n) is 3.46. The molecule has 25 heavy (non-hydrogen) atoms. The first-order chi connectivity index (χ1) is 11.9. The Kier molecular flexibility index (Phi) is 5.48. The van der Waals surface area contributed by atoms with Gasteiger partial charge in [-0.25, -0.2) is 0 Å². The molecule has 0 bridgehead atoms.